The third-order valence-electron chi connectivity index (χ3n) is 9.72. The second-order valence-electron chi connectivity index (χ2n) is 15.9. The second kappa shape index (κ2) is 37.2. The molecule has 0 aromatic rings. The standard InChI is InChI=1S/C44H84O6/c1-6-7-8-9-17-26-31-36-44(47)50-41(38-49-43(46)35-30-25-21-20-23-28-33-40(4)5)37-48-42(45)34-29-24-19-16-14-12-10-11-13-15-18-22-27-32-39(2)3/h39-41H,6-38H2,1-5H3/t41-/m1/s1. The van der Waals surface area contributed by atoms with E-state index in [-0.39, 0.29) is 31.1 Å². The molecule has 0 aliphatic rings. The van der Waals surface area contributed by atoms with Crippen LogP contribution in [0.2, 0.25) is 0 Å². The predicted molar refractivity (Wildman–Crippen MR) is 210 cm³/mol. The Morgan fingerprint density at radius 1 is 0.380 bits per heavy atom. The van der Waals surface area contributed by atoms with Gasteiger partial charge in [-0.3, -0.25) is 14.4 Å². The molecule has 0 aliphatic carbocycles. The minimum Gasteiger partial charge on any atom is -0.462 e. The van der Waals surface area contributed by atoms with Crippen LogP contribution < -0.4 is 0 Å². The van der Waals surface area contributed by atoms with E-state index in [0.717, 1.165) is 69.6 Å². The number of hydrogen-bond acceptors (Lipinski definition) is 6. The van der Waals surface area contributed by atoms with Gasteiger partial charge in [0, 0.05) is 19.3 Å². The lowest BCUT2D eigenvalue weighted by atomic mass is 10.0. The average Bonchev–Trinajstić information content (AvgIpc) is 3.08. The van der Waals surface area contributed by atoms with Crippen molar-refractivity contribution < 1.29 is 28.6 Å². The van der Waals surface area contributed by atoms with Crippen LogP contribution in [-0.2, 0) is 28.6 Å². The van der Waals surface area contributed by atoms with E-state index in [9.17, 15) is 14.4 Å². The summed E-state index contributed by atoms with van der Waals surface area (Å²) < 4.78 is 16.6. The minimum absolute atomic E-state index is 0.0663. The summed E-state index contributed by atoms with van der Waals surface area (Å²) in [5, 5.41) is 0. The van der Waals surface area contributed by atoms with Crippen molar-refractivity contribution in [2.75, 3.05) is 13.2 Å². The molecule has 0 amide bonds. The second-order valence-corrected chi connectivity index (χ2v) is 15.9. The third kappa shape index (κ3) is 37.7. The molecule has 50 heavy (non-hydrogen) atoms. The number of unbranched alkanes of at least 4 members (excludes halogenated alkanes) is 23. The summed E-state index contributed by atoms with van der Waals surface area (Å²) >= 11 is 0. The molecule has 0 rings (SSSR count). The highest BCUT2D eigenvalue weighted by Gasteiger charge is 2.19. The fraction of sp³-hybridized carbons (Fsp3) is 0.932. The lowest BCUT2D eigenvalue weighted by Gasteiger charge is -2.18. The number of ether oxygens (including phenoxy) is 3. The number of hydrogen-bond donors (Lipinski definition) is 0. The molecular formula is C44H84O6. The molecule has 1 atom stereocenters. The first-order valence-corrected chi connectivity index (χ1v) is 21.7. The molecule has 0 saturated carbocycles. The molecule has 6 nitrogen and oxygen atoms in total. The monoisotopic (exact) mass is 709 g/mol. The van der Waals surface area contributed by atoms with Crippen molar-refractivity contribution in [3.63, 3.8) is 0 Å². The molecule has 0 bridgehead atoms. The molecule has 0 fully saturated rings. The van der Waals surface area contributed by atoms with Gasteiger partial charge in [-0.2, -0.15) is 0 Å². The van der Waals surface area contributed by atoms with Crippen LogP contribution in [0.3, 0.4) is 0 Å². The molecule has 0 unspecified atom stereocenters. The molecule has 0 spiro atoms. The SMILES string of the molecule is CCCCCCCCCC(=O)O[C@H](COC(=O)CCCCCCCCCCCCCCCC(C)C)COC(=O)CCCCCCCCC(C)C. The first kappa shape index (κ1) is 48.4. The summed E-state index contributed by atoms with van der Waals surface area (Å²) in [7, 11) is 0. The van der Waals surface area contributed by atoms with Crippen molar-refractivity contribution >= 4 is 17.9 Å². The third-order valence-corrected chi connectivity index (χ3v) is 9.72. The van der Waals surface area contributed by atoms with Gasteiger partial charge in [-0.15, -0.1) is 0 Å². The summed E-state index contributed by atoms with van der Waals surface area (Å²) in [5.74, 6) is 0.732. The number of carbonyl (C=O) groups is 3. The van der Waals surface area contributed by atoms with Gasteiger partial charge in [0.05, 0.1) is 0 Å². The van der Waals surface area contributed by atoms with Gasteiger partial charge in [0.15, 0.2) is 6.10 Å². The van der Waals surface area contributed by atoms with Gasteiger partial charge in [-0.25, -0.2) is 0 Å². The zero-order chi connectivity index (χ0) is 36.9. The normalized spacial score (nSPS) is 12.1. The summed E-state index contributed by atoms with van der Waals surface area (Å²) in [6.07, 6.45) is 34.0. The quantitative estimate of drug-likeness (QED) is 0.0361. The lowest BCUT2D eigenvalue weighted by Crippen LogP contribution is -2.30. The van der Waals surface area contributed by atoms with E-state index < -0.39 is 6.10 Å². The fourth-order valence-electron chi connectivity index (χ4n) is 6.40. The Hall–Kier alpha value is -1.59. The molecule has 0 aromatic carbocycles. The van der Waals surface area contributed by atoms with E-state index in [1.807, 2.05) is 0 Å². The van der Waals surface area contributed by atoms with Crippen LogP contribution in [0.4, 0.5) is 0 Å². The van der Waals surface area contributed by atoms with E-state index in [1.165, 1.54) is 122 Å². The molecule has 0 radical (unpaired) electrons. The van der Waals surface area contributed by atoms with Gasteiger partial charge in [-0.1, -0.05) is 195 Å². The maximum atomic E-state index is 12.6. The maximum absolute atomic E-state index is 12.6. The smallest absolute Gasteiger partial charge is 0.306 e. The molecule has 0 aliphatic heterocycles. The topological polar surface area (TPSA) is 78.9 Å². The van der Waals surface area contributed by atoms with Gasteiger partial charge in [0.25, 0.3) is 0 Å². The Labute approximate surface area is 310 Å². The number of carbonyl (C=O) groups excluding carboxylic acids is 3. The summed E-state index contributed by atoms with van der Waals surface area (Å²) in [6, 6.07) is 0. The van der Waals surface area contributed by atoms with Crippen LogP contribution in [0.5, 0.6) is 0 Å². The van der Waals surface area contributed by atoms with Gasteiger partial charge in [0.1, 0.15) is 13.2 Å². The van der Waals surface area contributed by atoms with Crippen LogP contribution in [0.1, 0.15) is 234 Å². The molecular weight excluding hydrogens is 624 g/mol. The fourth-order valence-corrected chi connectivity index (χ4v) is 6.40. The largest absolute Gasteiger partial charge is 0.462 e. The van der Waals surface area contributed by atoms with Crippen molar-refractivity contribution in [3.05, 3.63) is 0 Å². The highest BCUT2D eigenvalue weighted by molar-refractivity contribution is 5.71. The predicted octanol–water partition coefficient (Wildman–Crippen LogP) is 13.4. The van der Waals surface area contributed by atoms with Gasteiger partial charge in [-0.05, 0) is 31.1 Å². The lowest BCUT2D eigenvalue weighted by molar-refractivity contribution is -0.167. The number of rotatable bonds is 38. The van der Waals surface area contributed by atoms with Crippen molar-refractivity contribution in [2.45, 2.75) is 240 Å². The van der Waals surface area contributed by atoms with E-state index in [4.69, 9.17) is 14.2 Å². The van der Waals surface area contributed by atoms with Gasteiger partial charge < -0.3 is 14.2 Å². The Morgan fingerprint density at radius 2 is 0.660 bits per heavy atom. The minimum atomic E-state index is -0.759. The molecule has 0 aromatic heterocycles. The Balaban J connectivity index is 4.21. The van der Waals surface area contributed by atoms with E-state index in [0.29, 0.717) is 19.3 Å². The molecule has 0 saturated heterocycles. The summed E-state index contributed by atoms with van der Waals surface area (Å²) in [4.78, 5) is 37.4. The molecule has 0 heterocycles. The average molecular weight is 709 g/mol. The van der Waals surface area contributed by atoms with Crippen molar-refractivity contribution in [2.24, 2.45) is 11.8 Å². The first-order chi connectivity index (χ1) is 24.2. The van der Waals surface area contributed by atoms with Crippen LogP contribution in [0.15, 0.2) is 0 Å². The van der Waals surface area contributed by atoms with Crippen molar-refractivity contribution in [1.29, 1.82) is 0 Å². The van der Waals surface area contributed by atoms with E-state index >= 15 is 0 Å². The van der Waals surface area contributed by atoms with E-state index in [1.54, 1.807) is 0 Å². The molecule has 296 valence electrons. The van der Waals surface area contributed by atoms with Gasteiger partial charge >= 0.3 is 17.9 Å². The zero-order valence-corrected chi connectivity index (χ0v) is 34.0. The Bertz CT molecular complexity index is 764. The van der Waals surface area contributed by atoms with Crippen molar-refractivity contribution in [1.82, 2.24) is 0 Å². The Kier molecular flexibility index (Phi) is 36.0. The maximum Gasteiger partial charge on any atom is 0.306 e. The molecule has 0 N–H and O–H groups in total. The van der Waals surface area contributed by atoms with E-state index in [2.05, 4.69) is 34.6 Å². The van der Waals surface area contributed by atoms with Crippen LogP contribution in [-0.4, -0.2) is 37.2 Å². The summed E-state index contributed by atoms with van der Waals surface area (Å²) in [5.41, 5.74) is 0. The molecule has 6 heteroatoms. The van der Waals surface area contributed by atoms with Crippen LogP contribution in [0, 0.1) is 11.8 Å². The van der Waals surface area contributed by atoms with Crippen LogP contribution in [0.25, 0.3) is 0 Å². The van der Waals surface area contributed by atoms with Gasteiger partial charge in [0.2, 0.25) is 0 Å². The summed E-state index contributed by atoms with van der Waals surface area (Å²) in [6.45, 7) is 11.2. The number of esters is 3. The Morgan fingerprint density at radius 3 is 0.980 bits per heavy atom. The first-order valence-electron chi connectivity index (χ1n) is 21.7. The zero-order valence-electron chi connectivity index (χ0n) is 34.0. The van der Waals surface area contributed by atoms with Crippen LogP contribution >= 0.6 is 0 Å². The highest BCUT2D eigenvalue weighted by Crippen LogP contribution is 2.16. The highest BCUT2D eigenvalue weighted by atomic mass is 16.6. The van der Waals surface area contributed by atoms with Crippen molar-refractivity contribution in [3.8, 4) is 0 Å².